The highest BCUT2D eigenvalue weighted by Gasteiger charge is 2.45. The van der Waals surface area contributed by atoms with Crippen LogP contribution in [0.3, 0.4) is 0 Å². The zero-order chi connectivity index (χ0) is 26.1. The predicted molar refractivity (Wildman–Crippen MR) is 169 cm³/mol. The number of hydrogen-bond donors (Lipinski definition) is 0. The summed E-state index contributed by atoms with van der Waals surface area (Å²) in [6, 6.07) is 40.3. The molecule has 0 atom stereocenters. The molecule has 8 rings (SSSR count). The van der Waals surface area contributed by atoms with Gasteiger partial charge in [0.1, 0.15) is 0 Å². The maximum atomic E-state index is 6.94. The average molecular weight is 521 g/mol. The topological polar surface area (TPSA) is 18.5 Å². The number of benzene rings is 8. The summed E-state index contributed by atoms with van der Waals surface area (Å²) < 4.78 is 13.9. The standard InChI is InChI=1S/C36H28O2Si/c1-3-37-39(38-4-2,31-21-17-27-13-11-23-7-5-9-25-15-19-29(31)35(27)33(23)25)32-22-18-28-14-12-24-8-6-10-26-16-20-30(32)36(28)34(24)26/h5-22H,3-4H2,1-2H3. The van der Waals surface area contributed by atoms with Crippen molar-refractivity contribution in [3.63, 3.8) is 0 Å². The SMILES string of the molecule is CCO[Si](OCC)(c1ccc2ccc3cccc4ccc1c2c34)c1ccc2ccc3cccc4ccc1c2c34. The summed E-state index contributed by atoms with van der Waals surface area (Å²) in [5.74, 6) is 0. The molecule has 0 aromatic heterocycles. The minimum atomic E-state index is -3.13. The maximum absolute atomic E-state index is 6.94. The van der Waals surface area contributed by atoms with E-state index in [1.54, 1.807) is 0 Å². The first-order chi connectivity index (χ1) is 19.2. The first-order valence-corrected chi connectivity index (χ1v) is 15.7. The highest BCUT2D eigenvalue weighted by molar-refractivity contribution is 6.95. The Morgan fingerprint density at radius 2 is 0.744 bits per heavy atom. The van der Waals surface area contributed by atoms with Gasteiger partial charge in [-0.15, -0.1) is 0 Å². The van der Waals surface area contributed by atoms with Gasteiger partial charge in [0.2, 0.25) is 0 Å². The minimum absolute atomic E-state index is 0.580. The van der Waals surface area contributed by atoms with Gasteiger partial charge in [-0.2, -0.15) is 0 Å². The summed E-state index contributed by atoms with van der Waals surface area (Å²) in [5, 5.41) is 17.7. The van der Waals surface area contributed by atoms with Crippen LogP contribution in [0.15, 0.2) is 109 Å². The molecule has 3 heteroatoms. The fraction of sp³-hybridized carbons (Fsp3) is 0.111. The summed E-state index contributed by atoms with van der Waals surface area (Å²) in [6.45, 7) is 5.34. The predicted octanol–water partition coefficient (Wildman–Crippen LogP) is 8.11. The third kappa shape index (κ3) is 3.09. The normalized spacial score (nSPS) is 12.8. The second-order valence-corrected chi connectivity index (χ2v) is 13.3. The second-order valence-electron chi connectivity index (χ2n) is 10.4. The third-order valence-corrected chi connectivity index (χ3v) is 12.1. The third-order valence-electron chi connectivity index (χ3n) is 8.46. The van der Waals surface area contributed by atoms with Crippen LogP contribution in [0.2, 0.25) is 0 Å². The lowest BCUT2D eigenvalue weighted by Crippen LogP contribution is -2.63. The lowest BCUT2D eigenvalue weighted by molar-refractivity contribution is 0.209. The van der Waals surface area contributed by atoms with Crippen molar-refractivity contribution < 1.29 is 8.85 Å². The Labute approximate surface area is 228 Å². The maximum Gasteiger partial charge on any atom is 0.408 e. The highest BCUT2D eigenvalue weighted by atomic mass is 28.4. The van der Waals surface area contributed by atoms with Crippen molar-refractivity contribution in [3.8, 4) is 0 Å². The van der Waals surface area contributed by atoms with E-state index in [2.05, 4.69) is 123 Å². The van der Waals surface area contributed by atoms with Crippen LogP contribution in [-0.2, 0) is 8.85 Å². The lowest BCUT2D eigenvalue weighted by atomic mass is 9.94. The molecule has 188 valence electrons. The van der Waals surface area contributed by atoms with E-state index in [0.29, 0.717) is 13.2 Å². The van der Waals surface area contributed by atoms with E-state index in [4.69, 9.17) is 8.85 Å². The van der Waals surface area contributed by atoms with Crippen LogP contribution in [0.1, 0.15) is 13.8 Å². The molecule has 39 heavy (non-hydrogen) atoms. The molecule has 0 unspecified atom stereocenters. The molecule has 8 aromatic rings. The largest absolute Gasteiger partial charge is 0.408 e. The quantitative estimate of drug-likeness (QED) is 0.163. The van der Waals surface area contributed by atoms with Crippen LogP contribution in [0, 0.1) is 0 Å². The van der Waals surface area contributed by atoms with Gasteiger partial charge in [0.15, 0.2) is 0 Å². The van der Waals surface area contributed by atoms with Crippen molar-refractivity contribution in [2.24, 2.45) is 0 Å². The molecule has 0 aliphatic rings. The monoisotopic (exact) mass is 520 g/mol. The van der Waals surface area contributed by atoms with E-state index < -0.39 is 8.56 Å². The van der Waals surface area contributed by atoms with Crippen LogP contribution in [-0.4, -0.2) is 21.8 Å². The number of rotatable bonds is 6. The Kier molecular flexibility index (Phi) is 4.99. The van der Waals surface area contributed by atoms with Crippen LogP contribution in [0.5, 0.6) is 0 Å². The summed E-state index contributed by atoms with van der Waals surface area (Å²) in [7, 11) is -3.13. The van der Waals surface area contributed by atoms with Gasteiger partial charge in [0.25, 0.3) is 0 Å². The van der Waals surface area contributed by atoms with Crippen molar-refractivity contribution in [2.75, 3.05) is 13.2 Å². The van der Waals surface area contributed by atoms with E-state index in [-0.39, 0.29) is 0 Å². The van der Waals surface area contributed by atoms with E-state index >= 15 is 0 Å². The van der Waals surface area contributed by atoms with E-state index in [0.717, 1.165) is 0 Å². The molecule has 0 saturated carbocycles. The Morgan fingerprint density at radius 3 is 1.13 bits per heavy atom. The fourth-order valence-corrected chi connectivity index (χ4v) is 10.5. The summed E-state index contributed by atoms with van der Waals surface area (Å²) >= 11 is 0. The molecule has 0 bridgehead atoms. The van der Waals surface area contributed by atoms with Gasteiger partial charge < -0.3 is 8.85 Å². The molecule has 0 radical (unpaired) electrons. The summed E-state index contributed by atoms with van der Waals surface area (Å²) in [6.07, 6.45) is 0. The van der Waals surface area contributed by atoms with Gasteiger partial charge in [-0.3, -0.25) is 0 Å². The van der Waals surface area contributed by atoms with Gasteiger partial charge in [0.05, 0.1) is 0 Å². The molecular weight excluding hydrogens is 492 g/mol. The van der Waals surface area contributed by atoms with Gasteiger partial charge in [-0.05, 0) is 78.5 Å². The Hall–Kier alpha value is -4.02. The first-order valence-electron chi connectivity index (χ1n) is 13.9. The molecule has 0 N–H and O–H groups in total. The molecule has 0 spiro atoms. The van der Waals surface area contributed by atoms with Crippen LogP contribution >= 0.6 is 0 Å². The second kappa shape index (κ2) is 8.49. The fourth-order valence-electron chi connectivity index (χ4n) is 6.95. The Morgan fingerprint density at radius 1 is 0.410 bits per heavy atom. The van der Waals surface area contributed by atoms with Gasteiger partial charge in [0, 0.05) is 23.6 Å². The molecule has 0 heterocycles. The Balaban J connectivity index is 1.52. The molecular formula is C36H28O2Si. The van der Waals surface area contributed by atoms with Crippen molar-refractivity contribution in [1.29, 1.82) is 0 Å². The van der Waals surface area contributed by atoms with E-state index in [9.17, 15) is 0 Å². The zero-order valence-corrected chi connectivity index (χ0v) is 23.1. The van der Waals surface area contributed by atoms with Gasteiger partial charge >= 0.3 is 8.56 Å². The molecule has 0 aliphatic heterocycles. The van der Waals surface area contributed by atoms with Crippen molar-refractivity contribution >= 4 is 83.6 Å². The van der Waals surface area contributed by atoms with Crippen molar-refractivity contribution in [3.05, 3.63) is 109 Å². The van der Waals surface area contributed by atoms with E-state index in [1.165, 1.54) is 75.0 Å². The molecule has 0 saturated heterocycles. The van der Waals surface area contributed by atoms with Crippen LogP contribution in [0.25, 0.3) is 64.6 Å². The smallest absolute Gasteiger partial charge is 0.388 e. The highest BCUT2D eigenvalue weighted by Crippen LogP contribution is 2.37. The summed E-state index contributed by atoms with van der Waals surface area (Å²) in [5.41, 5.74) is 0. The molecule has 8 aromatic carbocycles. The lowest BCUT2D eigenvalue weighted by Gasteiger charge is -2.33. The number of hydrogen-bond acceptors (Lipinski definition) is 2. The molecule has 0 fully saturated rings. The average Bonchev–Trinajstić information content (AvgIpc) is 2.98. The van der Waals surface area contributed by atoms with Gasteiger partial charge in [-0.25, -0.2) is 0 Å². The first kappa shape index (κ1) is 22.9. The molecule has 0 amide bonds. The van der Waals surface area contributed by atoms with Crippen LogP contribution in [0.4, 0.5) is 0 Å². The van der Waals surface area contributed by atoms with Crippen LogP contribution < -0.4 is 10.4 Å². The van der Waals surface area contributed by atoms with Gasteiger partial charge in [-0.1, -0.05) is 109 Å². The van der Waals surface area contributed by atoms with Crippen molar-refractivity contribution in [1.82, 2.24) is 0 Å². The van der Waals surface area contributed by atoms with E-state index in [1.807, 2.05) is 0 Å². The molecule has 2 nitrogen and oxygen atoms in total. The van der Waals surface area contributed by atoms with Crippen molar-refractivity contribution in [2.45, 2.75) is 13.8 Å². The molecule has 0 aliphatic carbocycles. The summed E-state index contributed by atoms with van der Waals surface area (Å²) in [4.78, 5) is 0. The zero-order valence-electron chi connectivity index (χ0n) is 22.1. The minimum Gasteiger partial charge on any atom is -0.388 e. The Bertz CT molecular complexity index is 1970.